The molecular weight excluding hydrogens is 240 g/mol. The maximum Gasteiger partial charge on any atom is 0.133 e. The minimum Gasteiger partial charge on any atom is -0.361 e. The van der Waals surface area contributed by atoms with Gasteiger partial charge in [0.15, 0.2) is 0 Å². The zero-order valence-electron chi connectivity index (χ0n) is 11.5. The topological polar surface area (TPSA) is 58.0 Å². The minimum atomic E-state index is 0.363. The molecule has 0 spiro atoms. The molecule has 1 fully saturated rings. The standard InChI is InChI=1S/C14H20N4O/c1-10-7-12(17-19-10)14-5-3-4-6-18(14)8-13-11(2)15-9-16-13/h7,9,14H,3-6,8H2,1-2H3,(H,15,16). The number of rotatable bonds is 3. The van der Waals surface area contributed by atoms with Crippen LogP contribution in [-0.2, 0) is 6.54 Å². The Morgan fingerprint density at radius 2 is 2.32 bits per heavy atom. The highest BCUT2D eigenvalue weighted by molar-refractivity contribution is 5.13. The Morgan fingerprint density at radius 3 is 3.00 bits per heavy atom. The maximum absolute atomic E-state index is 5.23. The number of hydrogen-bond donors (Lipinski definition) is 1. The van der Waals surface area contributed by atoms with Crippen molar-refractivity contribution in [3.8, 4) is 0 Å². The van der Waals surface area contributed by atoms with Crippen molar-refractivity contribution in [2.45, 2.75) is 45.7 Å². The Balaban J connectivity index is 1.79. The van der Waals surface area contributed by atoms with Crippen molar-refractivity contribution in [3.05, 3.63) is 35.2 Å². The number of aromatic amines is 1. The van der Waals surface area contributed by atoms with Crippen LogP contribution in [0.15, 0.2) is 16.9 Å². The van der Waals surface area contributed by atoms with Crippen LogP contribution in [0.5, 0.6) is 0 Å². The number of hydrogen-bond acceptors (Lipinski definition) is 4. The molecule has 1 aliphatic heterocycles. The van der Waals surface area contributed by atoms with E-state index in [1.165, 1.54) is 12.8 Å². The van der Waals surface area contributed by atoms with Gasteiger partial charge in [-0.3, -0.25) is 4.90 Å². The molecule has 2 aromatic heterocycles. The second-order valence-corrected chi connectivity index (χ2v) is 5.32. The molecule has 1 unspecified atom stereocenters. The largest absolute Gasteiger partial charge is 0.361 e. The van der Waals surface area contributed by atoms with Gasteiger partial charge in [-0.15, -0.1) is 0 Å². The predicted octanol–water partition coefficient (Wildman–Crippen LogP) is 2.74. The molecule has 0 radical (unpaired) electrons. The third-order valence-electron chi connectivity index (χ3n) is 3.89. The number of aromatic nitrogens is 3. The summed E-state index contributed by atoms with van der Waals surface area (Å²) in [5.41, 5.74) is 3.35. The molecule has 1 atom stereocenters. The molecule has 1 N–H and O–H groups in total. The first-order chi connectivity index (χ1) is 9.24. The van der Waals surface area contributed by atoms with Gasteiger partial charge in [-0.05, 0) is 33.2 Å². The number of H-pyrrole nitrogens is 1. The summed E-state index contributed by atoms with van der Waals surface area (Å²) in [5, 5.41) is 4.20. The van der Waals surface area contributed by atoms with Crippen LogP contribution in [-0.4, -0.2) is 26.6 Å². The Morgan fingerprint density at radius 1 is 1.42 bits per heavy atom. The lowest BCUT2D eigenvalue weighted by Gasteiger charge is -2.34. The van der Waals surface area contributed by atoms with Gasteiger partial charge in [-0.2, -0.15) is 0 Å². The summed E-state index contributed by atoms with van der Waals surface area (Å²) in [7, 11) is 0. The first kappa shape index (κ1) is 12.4. The SMILES string of the molecule is Cc1cc(C2CCCCN2Cc2nc[nH]c2C)no1. The van der Waals surface area contributed by atoms with Crippen LogP contribution in [0.1, 0.15) is 48.1 Å². The molecule has 1 saturated heterocycles. The molecule has 5 heteroatoms. The predicted molar refractivity (Wildman–Crippen MR) is 71.6 cm³/mol. The average molecular weight is 260 g/mol. The Kier molecular flexibility index (Phi) is 3.38. The van der Waals surface area contributed by atoms with E-state index in [2.05, 4.69) is 33.0 Å². The van der Waals surface area contributed by atoms with Crippen LogP contribution in [0.25, 0.3) is 0 Å². The molecule has 3 heterocycles. The second-order valence-electron chi connectivity index (χ2n) is 5.32. The smallest absolute Gasteiger partial charge is 0.133 e. The third-order valence-corrected chi connectivity index (χ3v) is 3.89. The van der Waals surface area contributed by atoms with Gasteiger partial charge in [0.25, 0.3) is 0 Å². The number of nitrogens with zero attached hydrogens (tertiary/aromatic N) is 3. The van der Waals surface area contributed by atoms with E-state index in [4.69, 9.17) is 4.52 Å². The molecule has 0 aliphatic carbocycles. The van der Waals surface area contributed by atoms with Gasteiger partial charge in [-0.25, -0.2) is 4.98 Å². The number of imidazole rings is 1. The van der Waals surface area contributed by atoms with E-state index in [1.54, 1.807) is 6.33 Å². The molecule has 102 valence electrons. The summed E-state index contributed by atoms with van der Waals surface area (Å²) in [4.78, 5) is 10.0. The van der Waals surface area contributed by atoms with Crippen molar-refractivity contribution >= 4 is 0 Å². The van der Waals surface area contributed by atoms with Gasteiger partial charge in [0.05, 0.1) is 18.1 Å². The van der Waals surface area contributed by atoms with Crippen LogP contribution in [0, 0.1) is 13.8 Å². The minimum absolute atomic E-state index is 0.363. The van der Waals surface area contributed by atoms with Gasteiger partial charge < -0.3 is 9.51 Å². The van der Waals surface area contributed by atoms with Crippen LogP contribution in [0.2, 0.25) is 0 Å². The summed E-state index contributed by atoms with van der Waals surface area (Å²) in [6.45, 7) is 6.00. The van der Waals surface area contributed by atoms with Gasteiger partial charge in [0.2, 0.25) is 0 Å². The van der Waals surface area contributed by atoms with Crippen molar-refractivity contribution in [1.29, 1.82) is 0 Å². The summed E-state index contributed by atoms with van der Waals surface area (Å²) < 4.78 is 5.23. The van der Waals surface area contributed by atoms with E-state index in [0.717, 1.165) is 42.4 Å². The zero-order valence-corrected chi connectivity index (χ0v) is 11.5. The van der Waals surface area contributed by atoms with E-state index in [1.807, 2.05) is 6.92 Å². The van der Waals surface area contributed by atoms with E-state index in [9.17, 15) is 0 Å². The molecule has 3 rings (SSSR count). The maximum atomic E-state index is 5.23. The Hall–Kier alpha value is -1.62. The summed E-state index contributed by atoms with van der Waals surface area (Å²) >= 11 is 0. The van der Waals surface area contributed by atoms with Gasteiger partial charge in [0.1, 0.15) is 11.5 Å². The zero-order chi connectivity index (χ0) is 13.2. The first-order valence-corrected chi connectivity index (χ1v) is 6.90. The van der Waals surface area contributed by atoms with Crippen molar-refractivity contribution < 1.29 is 4.52 Å². The van der Waals surface area contributed by atoms with Crippen LogP contribution < -0.4 is 0 Å². The molecule has 5 nitrogen and oxygen atoms in total. The number of aryl methyl sites for hydroxylation is 2. The average Bonchev–Trinajstić information content (AvgIpc) is 3.00. The molecule has 2 aromatic rings. The lowest BCUT2D eigenvalue weighted by molar-refractivity contribution is 0.132. The van der Waals surface area contributed by atoms with Crippen LogP contribution in [0.4, 0.5) is 0 Å². The Labute approximate surface area is 113 Å². The molecule has 0 saturated carbocycles. The van der Waals surface area contributed by atoms with Crippen LogP contribution in [0.3, 0.4) is 0 Å². The quantitative estimate of drug-likeness (QED) is 0.922. The van der Waals surface area contributed by atoms with Crippen molar-refractivity contribution in [2.24, 2.45) is 0 Å². The van der Waals surface area contributed by atoms with Gasteiger partial charge in [0, 0.05) is 18.3 Å². The van der Waals surface area contributed by atoms with E-state index in [0.29, 0.717) is 6.04 Å². The lowest BCUT2D eigenvalue weighted by Crippen LogP contribution is -2.33. The van der Waals surface area contributed by atoms with Crippen molar-refractivity contribution in [3.63, 3.8) is 0 Å². The van der Waals surface area contributed by atoms with Crippen LogP contribution >= 0.6 is 0 Å². The highest BCUT2D eigenvalue weighted by atomic mass is 16.5. The summed E-state index contributed by atoms with van der Waals surface area (Å²) in [5.74, 6) is 0.886. The molecule has 0 aromatic carbocycles. The second kappa shape index (κ2) is 5.17. The molecule has 0 bridgehead atoms. The number of likely N-dealkylation sites (tertiary alicyclic amines) is 1. The number of nitrogens with one attached hydrogen (secondary N) is 1. The van der Waals surface area contributed by atoms with E-state index >= 15 is 0 Å². The highest BCUT2D eigenvalue weighted by Crippen LogP contribution is 2.31. The molecular formula is C14H20N4O. The molecule has 1 aliphatic rings. The molecule has 19 heavy (non-hydrogen) atoms. The first-order valence-electron chi connectivity index (χ1n) is 6.90. The number of piperidine rings is 1. The molecule has 0 amide bonds. The third kappa shape index (κ3) is 2.56. The highest BCUT2D eigenvalue weighted by Gasteiger charge is 2.27. The fraction of sp³-hybridized carbons (Fsp3) is 0.571. The van der Waals surface area contributed by atoms with Crippen molar-refractivity contribution in [2.75, 3.05) is 6.54 Å². The van der Waals surface area contributed by atoms with E-state index < -0.39 is 0 Å². The van der Waals surface area contributed by atoms with Gasteiger partial charge >= 0.3 is 0 Å². The normalized spacial score (nSPS) is 20.8. The van der Waals surface area contributed by atoms with Crippen molar-refractivity contribution in [1.82, 2.24) is 20.0 Å². The summed E-state index contributed by atoms with van der Waals surface area (Å²) in [6.07, 6.45) is 5.42. The Bertz CT molecular complexity index is 545. The fourth-order valence-electron chi connectivity index (χ4n) is 2.80. The lowest BCUT2D eigenvalue weighted by atomic mass is 9.99. The van der Waals surface area contributed by atoms with E-state index in [-0.39, 0.29) is 0 Å². The van der Waals surface area contributed by atoms with Gasteiger partial charge in [-0.1, -0.05) is 11.6 Å². The summed E-state index contributed by atoms with van der Waals surface area (Å²) in [6, 6.07) is 2.42. The monoisotopic (exact) mass is 260 g/mol. The fourth-order valence-corrected chi connectivity index (χ4v) is 2.80.